The van der Waals surface area contributed by atoms with E-state index in [1.54, 1.807) is 42.2 Å². The fourth-order valence-corrected chi connectivity index (χ4v) is 5.43. The smallest absolute Gasteiger partial charge is 0.254 e. The van der Waals surface area contributed by atoms with Gasteiger partial charge in [-0.15, -0.1) is 0 Å². The molecule has 138 valence electrons. The largest absolute Gasteiger partial charge is 0.333 e. The average molecular weight is 437 g/mol. The summed E-state index contributed by atoms with van der Waals surface area (Å²) in [6.07, 6.45) is 0. The van der Waals surface area contributed by atoms with Crippen LogP contribution in [0.15, 0.2) is 57.9 Å². The maximum absolute atomic E-state index is 13.0. The first-order valence-electron chi connectivity index (χ1n) is 8.43. The summed E-state index contributed by atoms with van der Waals surface area (Å²) in [5.41, 5.74) is 1.33. The van der Waals surface area contributed by atoms with Crippen LogP contribution in [-0.4, -0.2) is 49.2 Å². The van der Waals surface area contributed by atoms with Crippen molar-refractivity contribution in [2.24, 2.45) is 0 Å². The zero-order chi connectivity index (χ0) is 18.9. The second-order valence-electron chi connectivity index (χ2n) is 6.49. The van der Waals surface area contributed by atoms with E-state index in [1.807, 2.05) is 25.1 Å². The number of hydrogen-bond acceptors (Lipinski definition) is 3. The molecule has 1 fully saturated rings. The topological polar surface area (TPSA) is 57.7 Å². The number of sulfonamides is 1. The molecule has 1 unspecified atom stereocenters. The molecule has 0 N–H and O–H groups in total. The molecule has 1 heterocycles. The number of hydrogen-bond donors (Lipinski definition) is 0. The molecule has 26 heavy (non-hydrogen) atoms. The van der Waals surface area contributed by atoms with E-state index >= 15 is 0 Å². The molecule has 0 aliphatic carbocycles. The lowest BCUT2D eigenvalue weighted by molar-refractivity contribution is 0.0591. The van der Waals surface area contributed by atoms with Gasteiger partial charge in [0.25, 0.3) is 5.91 Å². The number of piperazine rings is 1. The molecule has 0 spiro atoms. The van der Waals surface area contributed by atoms with Crippen LogP contribution < -0.4 is 0 Å². The van der Waals surface area contributed by atoms with Gasteiger partial charge in [-0.2, -0.15) is 4.31 Å². The van der Waals surface area contributed by atoms with Crippen LogP contribution in [-0.2, 0) is 10.0 Å². The van der Waals surface area contributed by atoms with Gasteiger partial charge in [-0.1, -0.05) is 34.1 Å². The molecule has 0 bridgehead atoms. The standard InChI is InChI=1S/C19H21BrN2O3S/c1-14-12-17(20)8-9-18(14)26(24,25)21-10-11-22(15(2)13-21)19(23)16-6-4-3-5-7-16/h3-9,12,15H,10-11,13H2,1-2H3. The van der Waals surface area contributed by atoms with Crippen LogP contribution in [0.2, 0.25) is 0 Å². The van der Waals surface area contributed by atoms with E-state index in [0.29, 0.717) is 29.1 Å². The molecule has 1 atom stereocenters. The lowest BCUT2D eigenvalue weighted by Crippen LogP contribution is -2.55. The Morgan fingerprint density at radius 1 is 1.12 bits per heavy atom. The quantitative estimate of drug-likeness (QED) is 0.741. The third kappa shape index (κ3) is 3.70. The second-order valence-corrected chi connectivity index (χ2v) is 9.31. The molecule has 0 aromatic heterocycles. The van der Waals surface area contributed by atoms with Crippen LogP contribution in [0.1, 0.15) is 22.8 Å². The summed E-state index contributed by atoms with van der Waals surface area (Å²) in [6, 6.07) is 14.1. The third-order valence-electron chi connectivity index (χ3n) is 4.63. The molecule has 0 radical (unpaired) electrons. The Hall–Kier alpha value is -1.70. The van der Waals surface area contributed by atoms with Crippen LogP contribution in [0.5, 0.6) is 0 Å². The molecule has 1 aliphatic rings. The molecule has 1 amide bonds. The van der Waals surface area contributed by atoms with Gasteiger partial charge in [-0.3, -0.25) is 4.79 Å². The van der Waals surface area contributed by atoms with Gasteiger partial charge in [0.1, 0.15) is 0 Å². The van der Waals surface area contributed by atoms with E-state index in [1.165, 1.54) is 4.31 Å². The maximum Gasteiger partial charge on any atom is 0.254 e. The van der Waals surface area contributed by atoms with E-state index in [0.717, 1.165) is 4.47 Å². The summed E-state index contributed by atoms with van der Waals surface area (Å²) < 4.78 is 28.4. The van der Waals surface area contributed by atoms with Crippen molar-refractivity contribution in [2.45, 2.75) is 24.8 Å². The molecular weight excluding hydrogens is 416 g/mol. The molecule has 0 saturated carbocycles. The minimum atomic E-state index is -3.58. The van der Waals surface area contributed by atoms with E-state index in [9.17, 15) is 13.2 Å². The first-order chi connectivity index (χ1) is 12.3. The highest BCUT2D eigenvalue weighted by atomic mass is 79.9. The fraction of sp³-hybridized carbons (Fsp3) is 0.316. The first-order valence-corrected chi connectivity index (χ1v) is 10.7. The van der Waals surface area contributed by atoms with Crippen molar-refractivity contribution >= 4 is 31.9 Å². The zero-order valence-corrected chi connectivity index (χ0v) is 17.1. The molecule has 1 saturated heterocycles. The third-order valence-corrected chi connectivity index (χ3v) is 7.15. The number of carbonyl (C=O) groups is 1. The second kappa shape index (κ2) is 7.50. The Morgan fingerprint density at radius 2 is 1.81 bits per heavy atom. The van der Waals surface area contributed by atoms with E-state index < -0.39 is 10.0 Å². The molecule has 7 heteroatoms. The maximum atomic E-state index is 13.0. The SMILES string of the molecule is Cc1cc(Br)ccc1S(=O)(=O)N1CCN(C(=O)c2ccccc2)C(C)C1. The van der Waals surface area contributed by atoms with Crippen molar-refractivity contribution in [1.29, 1.82) is 0 Å². The molecule has 1 aliphatic heterocycles. The highest BCUT2D eigenvalue weighted by Gasteiger charge is 2.35. The summed E-state index contributed by atoms with van der Waals surface area (Å²) in [5, 5.41) is 0. The molecule has 2 aromatic rings. The summed E-state index contributed by atoms with van der Waals surface area (Å²) in [6.45, 7) is 4.63. The molecule has 5 nitrogen and oxygen atoms in total. The molecule has 2 aromatic carbocycles. The van der Waals surface area contributed by atoms with Crippen LogP contribution in [0, 0.1) is 6.92 Å². The van der Waals surface area contributed by atoms with Gasteiger partial charge in [0, 0.05) is 35.7 Å². The lowest BCUT2D eigenvalue weighted by Gasteiger charge is -2.39. The van der Waals surface area contributed by atoms with Crippen LogP contribution in [0.4, 0.5) is 0 Å². The van der Waals surface area contributed by atoms with E-state index in [2.05, 4.69) is 15.9 Å². The number of amides is 1. The average Bonchev–Trinajstić information content (AvgIpc) is 2.61. The molecular formula is C19H21BrN2O3S. The Bertz CT molecular complexity index is 916. The van der Waals surface area contributed by atoms with Crippen molar-refractivity contribution in [1.82, 2.24) is 9.21 Å². The molecule has 3 rings (SSSR count). The summed E-state index contributed by atoms with van der Waals surface area (Å²) >= 11 is 3.36. The predicted molar refractivity (Wildman–Crippen MR) is 105 cm³/mol. The number of nitrogens with zero attached hydrogens (tertiary/aromatic N) is 2. The Labute approximate surface area is 162 Å². The van der Waals surface area contributed by atoms with Gasteiger partial charge < -0.3 is 4.90 Å². The van der Waals surface area contributed by atoms with Gasteiger partial charge in [0.15, 0.2) is 0 Å². The van der Waals surface area contributed by atoms with Crippen molar-refractivity contribution in [2.75, 3.05) is 19.6 Å². The number of rotatable bonds is 3. The minimum Gasteiger partial charge on any atom is -0.333 e. The zero-order valence-electron chi connectivity index (χ0n) is 14.7. The Kier molecular flexibility index (Phi) is 5.50. The summed E-state index contributed by atoms with van der Waals surface area (Å²) in [4.78, 5) is 14.7. The van der Waals surface area contributed by atoms with E-state index in [-0.39, 0.29) is 18.5 Å². The van der Waals surface area contributed by atoms with Gasteiger partial charge in [-0.25, -0.2) is 8.42 Å². The number of carbonyl (C=O) groups excluding carboxylic acids is 1. The predicted octanol–water partition coefficient (Wildman–Crippen LogP) is 3.29. The van der Waals surface area contributed by atoms with Gasteiger partial charge in [0.2, 0.25) is 10.0 Å². The van der Waals surface area contributed by atoms with E-state index in [4.69, 9.17) is 0 Å². The van der Waals surface area contributed by atoms with Crippen LogP contribution >= 0.6 is 15.9 Å². The Morgan fingerprint density at radius 3 is 2.42 bits per heavy atom. The van der Waals surface area contributed by atoms with Gasteiger partial charge in [0.05, 0.1) is 4.90 Å². The van der Waals surface area contributed by atoms with Gasteiger partial charge >= 0.3 is 0 Å². The first kappa shape index (κ1) is 19.1. The fourth-order valence-electron chi connectivity index (χ4n) is 3.23. The number of aryl methyl sites for hydroxylation is 1. The van der Waals surface area contributed by atoms with Crippen molar-refractivity contribution in [3.8, 4) is 0 Å². The lowest BCUT2D eigenvalue weighted by atomic mass is 10.1. The number of halogens is 1. The highest BCUT2D eigenvalue weighted by molar-refractivity contribution is 9.10. The normalized spacial score (nSPS) is 18.7. The Balaban J connectivity index is 1.79. The minimum absolute atomic E-state index is 0.0602. The van der Waals surface area contributed by atoms with Gasteiger partial charge in [-0.05, 0) is 49.7 Å². The monoisotopic (exact) mass is 436 g/mol. The summed E-state index contributed by atoms with van der Waals surface area (Å²) in [5.74, 6) is -0.0602. The van der Waals surface area contributed by atoms with Crippen molar-refractivity contribution in [3.05, 3.63) is 64.1 Å². The summed E-state index contributed by atoms with van der Waals surface area (Å²) in [7, 11) is -3.58. The van der Waals surface area contributed by atoms with Crippen molar-refractivity contribution < 1.29 is 13.2 Å². The van der Waals surface area contributed by atoms with Crippen LogP contribution in [0.3, 0.4) is 0 Å². The number of benzene rings is 2. The highest BCUT2D eigenvalue weighted by Crippen LogP contribution is 2.25. The van der Waals surface area contributed by atoms with Crippen LogP contribution in [0.25, 0.3) is 0 Å². The van der Waals surface area contributed by atoms with Crippen molar-refractivity contribution in [3.63, 3.8) is 0 Å².